The Hall–Kier alpha value is -1.03. The standard InChI is InChI=1S/C15H21N3S/c1-11(2)18-14(10-12-5-8-19-9-6-12)17-13-4-3-7-16-15(13)18/h3-4,7,11-12H,5-6,8-10H2,1-2H3. The van der Waals surface area contributed by atoms with Crippen molar-refractivity contribution in [2.45, 2.75) is 39.2 Å². The van der Waals surface area contributed by atoms with Gasteiger partial charge in [-0.1, -0.05) is 0 Å². The van der Waals surface area contributed by atoms with Crippen molar-refractivity contribution in [2.24, 2.45) is 5.92 Å². The van der Waals surface area contributed by atoms with Crippen molar-refractivity contribution < 1.29 is 0 Å². The molecule has 1 fully saturated rings. The fourth-order valence-corrected chi connectivity index (χ4v) is 4.08. The maximum Gasteiger partial charge on any atom is 0.160 e. The summed E-state index contributed by atoms with van der Waals surface area (Å²) in [4.78, 5) is 9.33. The van der Waals surface area contributed by atoms with E-state index < -0.39 is 0 Å². The number of pyridine rings is 1. The molecule has 3 nitrogen and oxygen atoms in total. The molecule has 1 aliphatic heterocycles. The van der Waals surface area contributed by atoms with Crippen LogP contribution in [0.15, 0.2) is 18.3 Å². The van der Waals surface area contributed by atoms with E-state index in [1.54, 1.807) is 0 Å². The van der Waals surface area contributed by atoms with Crippen LogP contribution in [0, 0.1) is 5.92 Å². The minimum Gasteiger partial charge on any atom is -0.310 e. The number of nitrogens with zero attached hydrogens (tertiary/aromatic N) is 3. The van der Waals surface area contributed by atoms with E-state index in [0.717, 1.165) is 23.5 Å². The highest BCUT2D eigenvalue weighted by Gasteiger charge is 2.20. The predicted octanol–water partition coefficient (Wildman–Crippen LogP) is 3.70. The molecule has 2 aromatic rings. The van der Waals surface area contributed by atoms with Gasteiger partial charge >= 0.3 is 0 Å². The van der Waals surface area contributed by atoms with Gasteiger partial charge < -0.3 is 4.57 Å². The van der Waals surface area contributed by atoms with Crippen molar-refractivity contribution in [1.82, 2.24) is 14.5 Å². The summed E-state index contributed by atoms with van der Waals surface area (Å²) in [6.07, 6.45) is 5.64. The Kier molecular flexibility index (Phi) is 3.78. The second-order valence-electron chi connectivity index (χ2n) is 5.60. The Morgan fingerprint density at radius 3 is 2.89 bits per heavy atom. The molecule has 4 heteroatoms. The third-order valence-corrected chi connectivity index (χ3v) is 4.90. The molecule has 0 spiro atoms. The molecule has 0 amide bonds. The summed E-state index contributed by atoms with van der Waals surface area (Å²) in [5.41, 5.74) is 2.08. The summed E-state index contributed by atoms with van der Waals surface area (Å²) in [5.74, 6) is 4.64. The van der Waals surface area contributed by atoms with Gasteiger partial charge in [-0.15, -0.1) is 0 Å². The molecule has 2 aromatic heterocycles. The lowest BCUT2D eigenvalue weighted by atomic mass is 9.98. The molecule has 0 N–H and O–H groups in total. The van der Waals surface area contributed by atoms with E-state index in [1.807, 2.05) is 12.3 Å². The van der Waals surface area contributed by atoms with E-state index in [1.165, 1.54) is 30.2 Å². The quantitative estimate of drug-likeness (QED) is 0.855. The van der Waals surface area contributed by atoms with Crippen molar-refractivity contribution in [2.75, 3.05) is 11.5 Å². The SMILES string of the molecule is CC(C)n1c(CC2CCSCC2)nc2cccnc21. The number of hydrogen-bond acceptors (Lipinski definition) is 3. The van der Waals surface area contributed by atoms with Gasteiger partial charge in [-0.2, -0.15) is 11.8 Å². The zero-order valence-electron chi connectivity index (χ0n) is 11.7. The van der Waals surface area contributed by atoms with Crippen LogP contribution in [-0.2, 0) is 6.42 Å². The van der Waals surface area contributed by atoms with E-state index >= 15 is 0 Å². The lowest BCUT2D eigenvalue weighted by molar-refractivity contribution is 0.455. The summed E-state index contributed by atoms with van der Waals surface area (Å²) >= 11 is 2.09. The van der Waals surface area contributed by atoms with Gasteiger partial charge in [0.15, 0.2) is 5.65 Å². The van der Waals surface area contributed by atoms with Crippen LogP contribution in [0.3, 0.4) is 0 Å². The first-order valence-corrected chi connectivity index (χ1v) is 8.30. The lowest BCUT2D eigenvalue weighted by Gasteiger charge is -2.22. The first-order chi connectivity index (χ1) is 9.25. The van der Waals surface area contributed by atoms with Crippen LogP contribution >= 0.6 is 11.8 Å². The fourth-order valence-electron chi connectivity index (χ4n) is 2.87. The minimum absolute atomic E-state index is 0.424. The summed E-state index contributed by atoms with van der Waals surface area (Å²) in [7, 11) is 0. The summed E-state index contributed by atoms with van der Waals surface area (Å²) in [6, 6.07) is 4.47. The number of thioether (sulfide) groups is 1. The van der Waals surface area contributed by atoms with E-state index in [-0.39, 0.29) is 0 Å². The lowest BCUT2D eigenvalue weighted by Crippen LogP contribution is -2.16. The summed E-state index contributed by atoms with van der Waals surface area (Å²) in [6.45, 7) is 4.44. The van der Waals surface area contributed by atoms with Gasteiger partial charge in [0.2, 0.25) is 0 Å². The maximum absolute atomic E-state index is 4.82. The molecule has 0 aliphatic carbocycles. The largest absolute Gasteiger partial charge is 0.310 e. The smallest absolute Gasteiger partial charge is 0.160 e. The first-order valence-electron chi connectivity index (χ1n) is 7.15. The molecule has 19 heavy (non-hydrogen) atoms. The molecule has 0 atom stereocenters. The molecule has 1 aliphatic rings. The topological polar surface area (TPSA) is 30.7 Å². The van der Waals surface area contributed by atoms with Crippen LogP contribution in [0.5, 0.6) is 0 Å². The van der Waals surface area contributed by atoms with Crippen LogP contribution in [0.25, 0.3) is 11.2 Å². The van der Waals surface area contributed by atoms with Crippen molar-refractivity contribution in [3.8, 4) is 0 Å². The Bertz CT molecular complexity index is 556. The zero-order chi connectivity index (χ0) is 13.2. The first kappa shape index (κ1) is 13.0. The number of imidazole rings is 1. The van der Waals surface area contributed by atoms with Gasteiger partial charge in [0, 0.05) is 18.7 Å². The molecule has 3 rings (SSSR count). The monoisotopic (exact) mass is 275 g/mol. The Morgan fingerprint density at radius 2 is 2.16 bits per heavy atom. The molecule has 3 heterocycles. The van der Waals surface area contributed by atoms with E-state index in [0.29, 0.717) is 6.04 Å². The van der Waals surface area contributed by atoms with Gasteiger partial charge in [-0.3, -0.25) is 0 Å². The highest BCUT2D eigenvalue weighted by atomic mass is 32.2. The predicted molar refractivity (Wildman–Crippen MR) is 81.7 cm³/mol. The van der Waals surface area contributed by atoms with Crippen LogP contribution in [0.1, 0.15) is 38.6 Å². The third-order valence-electron chi connectivity index (χ3n) is 3.85. The van der Waals surface area contributed by atoms with Gasteiger partial charge in [-0.05, 0) is 56.2 Å². The highest BCUT2D eigenvalue weighted by molar-refractivity contribution is 7.99. The number of aromatic nitrogens is 3. The maximum atomic E-state index is 4.82. The van der Waals surface area contributed by atoms with Crippen LogP contribution in [0.4, 0.5) is 0 Å². The number of rotatable bonds is 3. The molecule has 0 aromatic carbocycles. The van der Waals surface area contributed by atoms with Gasteiger partial charge in [0.05, 0.1) is 0 Å². The minimum atomic E-state index is 0.424. The zero-order valence-corrected chi connectivity index (χ0v) is 12.5. The molecule has 102 valence electrons. The van der Waals surface area contributed by atoms with Crippen LogP contribution < -0.4 is 0 Å². The van der Waals surface area contributed by atoms with E-state index in [2.05, 4.69) is 41.2 Å². The Labute approximate surface area is 118 Å². The molecular formula is C15H21N3S. The van der Waals surface area contributed by atoms with Crippen LogP contribution in [-0.4, -0.2) is 26.0 Å². The second kappa shape index (κ2) is 5.53. The Morgan fingerprint density at radius 1 is 1.37 bits per heavy atom. The average molecular weight is 275 g/mol. The van der Waals surface area contributed by atoms with Crippen molar-refractivity contribution in [3.05, 3.63) is 24.2 Å². The van der Waals surface area contributed by atoms with E-state index in [4.69, 9.17) is 4.98 Å². The molecule has 1 saturated heterocycles. The second-order valence-corrected chi connectivity index (χ2v) is 6.82. The van der Waals surface area contributed by atoms with Gasteiger partial charge in [0.25, 0.3) is 0 Å². The molecular weight excluding hydrogens is 254 g/mol. The molecule has 0 radical (unpaired) electrons. The number of hydrogen-bond donors (Lipinski definition) is 0. The number of fused-ring (bicyclic) bond motifs is 1. The normalized spacial score (nSPS) is 17.4. The molecule has 0 unspecified atom stereocenters. The van der Waals surface area contributed by atoms with E-state index in [9.17, 15) is 0 Å². The summed E-state index contributed by atoms with van der Waals surface area (Å²) < 4.78 is 2.32. The summed E-state index contributed by atoms with van der Waals surface area (Å²) in [5, 5.41) is 0. The highest BCUT2D eigenvalue weighted by Crippen LogP contribution is 2.28. The van der Waals surface area contributed by atoms with Crippen molar-refractivity contribution in [3.63, 3.8) is 0 Å². The van der Waals surface area contributed by atoms with Crippen molar-refractivity contribution >= 4 is 22.9 Å². The Balaban J connectivity index is 1.95. The van der Waals surface area contributed by atoms with Gasteiger partial charge in [0.1, 0.15) is 11.3 Å². The molecule has 0 saturated carbocycles. The van der Waals surface area contributed by atoms with Crippen LogP contribution in [0.2, 0.25) is 0 Å². The third kappa shape index (κ3) is 2.64. The average Bonchev–Trinajstić information content (AvgIpc) is 2.77. The van der Waals surface area contributed by atoms with Crippen molar-refractivity contribution in [1.29, 1.82) is 0 Å². The van der Waals surface area contributed by atoms with Gasteiger partial charge in [-0.25, -0.2) is 9.97 Å². The molecule has 0 bridgehead atoms. The fraction of sp³-hybridized carbons (Fsp3) is 0.600.